The molecule has 0 N–H and O–H groups in total. The summed E-state index contributed by atoms with van der Waals surface area (Å²) in [5.41, 5.74) is 0. The molecule has 0 aromatic rings. The highest BCUT2D eigenvalue weighted by atomic mass is 32.2. The van der Waals surface area contributed by atoms with Crippen LogP contribution in [0.5, 0.6) is 0 Å². The van der Waals surface area contributed by atoms with Crippen LogP contribution in [-0.4, -0.2) is 44.9 Å². The van der Waals surface area contributed by atoms with E-state index in [1.807, 2.05) is 18.7 Å². The molecule has 1 rings (SSSR count). The van der Waals surface area contributed by atoms with Gasteiger partial charge in [-0.1, -0.05) is 6.08 Å². The smallest absolute Gasteiger partial charge is 0.0701 e. The Bertz CT molecular complexity index is 165. The van der Waals surface area contributed by atoms with Crippen LogP contribution in [0.2, 0.25) is 0 Å². The molecule has 3 nitrogen and oxygen atoms in total. The molecule has 0 spiro atoms. The summed E-state index contributed by atoms with van der Waals surface area (Å²) in [7, 11) is 0. The van der Waals surface area contributed by atoms with Crippen LogP contribution >= 0.6 is 11.8 Å². The molecule has 1 aliphatic heterocycles. The van der Waals surface area contributed by atoms with Crippen LogP contribution in [0, 0.1) is 0 Å². The molecule has 0 saturated carbocycles. The Kier molecular flexibility index (Phi) is 8.01. The van der Waals surface area contributed by atoms with Gasteiger partial charge in [0.1, 0.15) is 0 Å². The molecule has 4 heteroatoms. The van der Waals surface area contributed by atoms with Crippen molar-refractivity contribution in [2.24, 2.45) is 0 Å². The van der Waals surface area contributed by atoms with Crippen molar-refractivity contribution in [2.75, 3.05) is 39.6 Å². The summed E-state index contributed by atoms with van der Waals surface area (Å²) in [5.74, 6) is 0. The first-order chi connectivity index (χ1) is 7.43. The fourth-order valence-corrected chi connectivity index (χ4v) is 2.08. The second kappa shape index (κ2) is 9.21. The Morgan fingerprint density at radius 2 is 1.87 bits per heavy atom. The van der Waals surface area contributed by atoms with Gasteiger partial charge in [-0.05, 0) is 18.8 Å². The predicted octanol–water partition coefficient (Wildman–Crippen LogP) is 2.08. The van der Waals surface area contributed by atoms with Gasteiger partial charge >= 0.3 is 0 Å². The molecular formula is C11H20O3S. The average molecular weight is 232 g/mol. The first-order valence-electron chi connectivity index (χ1n) is 5.47. The third-order valence-electron chi connectivity index (χ3n) is 2.02. The maximum atomic E-state index is 5.50. The molecule has 1 unspecified atom stereocenters. The summed E-state index contributed by atoms with van der Waals surface area (Å²) in [4.78, 5) is 0. The summed E-state index contributed by atoms with van der Waals surface area (Å²) >= 11 is 1.85. The van der Waals surface area contributed by atoms with Gasteiger partial charge in [0.25, 0.3) is 0 Å². The highest BCUT2D eigenvalue weighted by Gasteiger charge is 2.10. The van der Waals surface area contributed by atoms with Gasteiger partial charge in [-0.2, -0.15) is 0 Å². The summed E-state index contributed by atoms with van der Waals surface area (Å²) in [6.07, 6.45) is 3.33. The van der Waals surface area contributed by atoms with Gasteiger partial charge in [0.05, 0.1) is 33.0 Å². The molecule has 0 amide bonds. The first kappa shape index (κ1) is 13.0. The Morgan fingerprint density at radius 3 is 2.53 bits per heavy atom. The van der Waals surface area contributed by atoms with Gasteiger partial charge in [-0.25, -0.2) is 0 Å². The van der Waals surface area contributed by atoms with E-state index >= 15 is 0 Å². The topological polar surface area (TPSA) is 27.7 Å². The zero-order valence-corrected chi connectivity index (χ0v) is 10.1. The van der Waals surface area contributed by atoms with Gasteiger partial charge in [0.2, 0.25) is 0 Å². The monoisotopic (exact) mass is 232 g/mol. The van der Waals surface area contributed by atoms with Crippen LogP contribution in [0.1, 0.15) is 13.3 Å². The van der Waals surface area contributed by atoms with Crippen molar-refractivity contribution in [3.05, 3.63) is 11.5 Å². The lowest BCUT2D eigenvalue weighted by Gasteiger charge is -2.09. The Hall–Kier alpha value is -0.0300. The third kappa shape index (κ3) is 6.95. The molecule has 0 aromatic heterocycles. The fourth-order valence-electron chi connectivity index (χ4n) is 1.23. The lowest BCUT2D eigenvalue weighted by atomic mass is 10.3. The number of ether oxygens (including phenoxy) is 3. The van der Waals surface area contributed by atoms with E-state index in [0.29, 0.717) is 31.7 Å². The standard InChI is InChI=1S/C11H20O3S/c1-2-12-5-6-13-7-8-14-10-11-4-3-9-15-11/h3,9,11H,2,4-8,10H2,1H3. The molecule has 0 aromatic carbocycles. The van der Waals surface area contributed by atoms with Crippen molar-refractivity contribution < 1.29 is 14.2 Å². The molecule has 0 radical (unpaired) electrons. The van der Waals surface area contributed by atoms with Gasteiger partial charge in [0.15, 0.2) is 0 Å². The maximum Gasteiger partial charge on any atom is 0.0701 e. The number of hydrogen-bond acceptors (Lipinski definition) is 4. The minimum atomic E-state index is 0.619. The molecule has 0 bridgehead atoms. The Balaban J connectivity index is 1.73. The van der Waals surface area contributed by atoms with Crippen molar-refractivity contribution in [2.45, 2.75) is 18.6 Å². The maximum absolute atomic E-state index is 5.50. The molecule has 0 fully saturated rings. The van der Waals surface area contributed by atoms with Crippen molar-refractivity contribution in [3.63, 3.8) is 0 Å². The van der Waals surface area contributed by atoms with Gasteiger partial charge < -0.3 is 14.2 Å². The van der Waals surface area contributed by atoms with Gasteiger partial charge in [-0.3, -0.25) is 0 Å². The molecule has 1 heterocycles. The van der Waals surface area contributed by atoms with Crippen LogP contribution in [0.15, 0.2) is 11.5 Å². The highest BCUT2D eigenvalue weighted by molar-refractivity contribution is 8.03. The summed E-state index contributed by atoms with van der Waals surface area (Å²) < 4.78 is 16.0. The van der Waals surface area contributed by atoms with Gasteiger partial charge in [-0.15, -0.1) is 11.8 Å². The van der Waals surface area contributed by atoms with E-state index in [1.165, 1.54) is 0 Å². The summed E-state index contributed by atoms with van der Waals surface area (Å²) in [6, 6.07) is 0. The SMILES string of the molecule is CCOCCOCCOCC1CC=CS1. The zero-order valence-electron chi connectivity index (χ0n) is 9.31. The van der Waals surface area contributed by atoms with E-state index in [-0.39, 0.29) is 0 Å². The molecule has 1 aliphatic rings. The Morgan fingerprint density at radius 1 is 1.13 bits per heavy atom. The predicted molar refractivity (Wildman–Crippen MR) is 63.3 cm³/mol. The lowest BCUT2D eigenvalue weighted by Crippen LogP contribution is -2.13. The average Bonchev–Trinajstić information content (AvgIpc) is 2.75. The normalized spacial score (nSPS) is 19.9. The van der Waals surface area contributed by atoms with Crippen molar-refractivity contribution in [1.29, 1.82) is 0 Å². The van der Waals surface area contributed by atoms with E-state index in [9.17, 15) is 0 Å². The molecular weight excluding hydrogens is 212 g/mol. The van der Waals surface area contributed by atoms with E-state index in [4.69, 9.17) is 14.2 Å². The van der Waals surface area contributed by atoms with Gasteiger partial charge in [0, 0.05) is 11.9 Å². The van der Waals surface area contributed by atoms with Crippen LogP contribution in [-0.2, 0) is 14.2 Å². The second-order valence-electron chi connectivity index (χ2n) is 3.25. The summed E-state index contributed by atoms with van der Waals surface area (Å²) in [5, 5.41) is 2.76. The minimum absolute atomic E-state index is 0.619. The van der Waals surface area contributed by atoms with Crippen LogP contribution in [0.3, 0.4) is 0 Å². The molecule has 1 atom stereocenters. The number of allylic oxidation sites excluding steroid dienone is 1. The van der Waals surface area contributed by atoms with E-state index < -0.39 is 0 Å². The number of thioether (sulfide) groups is 1. The quantitative estimate of drug-likeness (QED) is 0.569. The molecule has 15 heavy (non-hydrogen) atoms. The van der Waals surface area contributed by atoms with Crippen LogP contribution in [0.4, 0.5) is 0 Å². The minimum Gasteiger partial charge on any atom is -0.379 e. The van der Waals surface area contributed by atoms with Crippen molar-refractivity contribution in [1.82, 2.24) is 0 Å². The number of hydrogen-bond donors (Lipinski definition) is 0. The largest absolute Gasteiger partial charge is 0.379 e. The first-order valence-corrected chi connectivity index (χ1v) is 6.41. The molecule has 88 valence electrons. The van der Waals surface area contributed by atoms with E-state index in [1.54, 1.807) is 0 Å². The fraction of sp³-hybridized carbons (Fsp3) is 0.818. The van der Waals surface area contributed by atoms with E-state index in [2.05, 4.69) is 11.5 Å². The van der Waals surface area contributed by atoms with Crippen molar-refractivity contribution >= 4 is 11.8 Å². The highest BCUT2D eigenvalue weighted by Crippen LogP contribution is 2.23. The second-order valence-corrected chi connectivity index (χ2v) is 4.46. The van der Waals surface area contributed by atoms with Crippen LogP contribution < -0.4 is 0 Å². The van der Waals surface area contributed by atoms with E-state index in [0.717, 1.165) is 19.6 Å². The summed E-state index contributed by atoms with van der Waals surface area (Å²) in [6.45, 7) is 6.26. The lowest BCUT2D eigenvalue weighted by molar-refractivity contribution is 0.0174. The third-order valence-corrected chi connectivity index (χ3v) is 3.08. The molecule has 0 saturated heterocycles. The van der Waals surface area contributed by atoms with Crippen molar-refractivity contribution in [3.8, 4) is 0 Å². The van der Waals surface area contributed by atoms with Crippen LogP contribution in [0.25, 0.3) is 0 Å². The number of rotatable bonds is 9. The Labute approximate surface area is 96.2 Å². The molecule has 0 aliphatic carbocycles. The zero-order chi connectivity index (χ0) is 10.8.